The van der Waals surface area contributed by atoms with Gasteiger partial charge in [-0.05, 0) is 36.4 Å². The van der Waals surface area contributed by atoms with Crippen molar-refractivity contribution in [2.45, 2.75) is 4.90 Å². The molecule has 0 fully saturated rings. The molecular formula is C22H18N4O6S. The number of H-pyrrole nitrogens is 1. The Labute approximate surface area is 187 Å². The Morgan fingerprint density at radius 1 is 1.00 bits per heavy atom. The van der Waals surface area contributed by atoms with Crippen molar-refractivity contribution in [3.8, 4) is 11.5 Å². The molecule has 0 spiro atoms. The van der Waals surface area contributed by atoms with Crippen LogP contribution in [0.25, 0.3) is 10.8 Å². The molecule has 0 saturated heterocycles. The van der Waals surface area contributed by atoms with Crippen LogP contribution < -0.4 is 20.3 Å². The van der Waals surface area contributed by atoms with Crippen LogP contribution in [0.3, 0.4) is 0 Å². The first-order valence-electron chi connectivity index (χ1n) is 9.58. The zero-order chi connectivity index (χ0) is 23.6. The normalized spacial score (nSPS) is 11.2. The molecule has 10 nitrogen and oxygen atoms in total. The average molecular weight is 466 g/mol. The molecule has 1 heterocycles. The molecule has 0 aliphatic heterocycles. The minimum atomic E-state index is -4.08. The number of sulfonamides is 1. The number of methoxy groups -OCH3 is 1. The van der Waals surface area contributed by atoms with Crippen LogP contribution in [-0.2, 0) is 10.0 Å². The zero-order valence-electron chi connectivity index (χ0n) is 17.2. The van der Waals surface area contributed by atoms with E-state index in [4.69, 9.17) is 4.74 Å². The molecule has 0 atom stereocenters. The summed E-state index contributed by atoms with van der Waals surface area (Å²) in [4.78, 5) is 24.6. The van der Waals surface area contributed by atoms with E-state index < -0.39 is 21.5 Å². The number of phenolic OH excluding ortho intramolecular Hbond substituents is 1. The number of para-hydroxylation sites is 2. The molecule has 11 heteroatoms. The lowest BCUT2D eigenvalue weighted by Crippen LogP contribution is -2.20. The van der Waals surface area contributed by atoms with Crippen LogP contribution in [-0.4, -0.2) is 36.7 Å². The van der Waals surface area contributed by atoms with E-state index in [0.717, 1.165) is 12.1 Å². The number of hydrogen-bond donors (Lipinski definition) is 4. The fraction of sp³-hybridized carbons (Fsp3) is 0.0455. The number of nitrogens with zero attached hydrogens (tertiary/aromatic N) is 1. The Balaban J connectivity index is 1.66. The number of benzene rings is 3. The molecule has 0 unspecified atom stereocenters. The standard InChI is InChI=1S/C22H18N4O6S/c1-32-19-9-5-4-8-16(19)26-33(30,31)13-10-11-18(27)17(12-13)23-22(29)20-14-6-2-3-7-15(14)21(28)25-24-20/h2-12,26-27H,1H3,(H,23,29)(H,25,28). The Morgan fingerprint density at radius 3 is 2.45 bits per heavy atom. The Hall–Kier alpha value is -4.38. The highest BCUT2D eigenvalue weighted by molar-refractivity contribution is 7.92. The number of aromatic nitrogens is 2. The number of anilines is 2. The minimum Gasteiger partial charge on any atom is -0.506 e. The molecule has 1 aromatic heterocycles. The third-order valence-electron chi connectivity index (χ3n) is 4.79. The fourth-order valence-electron chi connectivity index (χ4n) is 3.18. The first kappa shape index (κ1) is 21.8. The van der Waals surface area contributed by atoms with Crippen LogP contribution in [0.4, 0.5) is 11.4 Å². The van der Waals surface area contributed by atoms with E-state index in [1.54, 1.807) is 42.5 Å². The predicted octanol–water partition coefficient (Wildman–Crippen LogP) is 2.69. The Bertz CT molecular complexity index is 1530. The maximum atomic E-state index is 12.9. The molecule has 1 amide bonds. The first-order valence-corrected chi connectivity index (χ1v) is 11.1. The van der Waals surface area contributed by atoms with Crippen LogP contribution in [0.2, 0.25) is 0 Å². The van der Waals surface area contributed by atoms with Gasteiger partial charge in [-0.1, -0.05) is 30.3 Å². The van der Waals surface area contributed by atoms with Crippen molar-refractivity contribution in [1.29, 1.82) is 0 Å². The molecule has 4 aromatic rings. The van der Waals surface area contributed by atoms with Gasteiger partial charge in [-0.15, -0.1) is 0 Å². The van der Waals surface area contributed by atoms with E-state index in [1.807, 2.05) is 0 Å². The van der Waals surface area contributed by atoms with Gasteiger partial charge in [-0.3, -0.25) is 14.3 Å². The molecule has 0 bridgehead atoms. The molecule has 168 valence electrons. The number of carbonyl (C=O) groups excluding carboxylic acids is 1. The van der Waals surface area contributed by atoms with E-state index in [1.165, 1.54) is 19.2 Å². The fourth-order valence-corrected chi connectivity index (χ4v) is 4.28. The van der Waals surface area contributed by atoms with Crippen molar-refractivity contribution in [2.24, 2.45) is 0 Å². The number of fused-ring (bicyclic) bond motifs is 1. The third-order valence-corrected chi connectivity index (χ3v) is 6.15. The van der Waals surface area contributed by atoms with Gasteiger partial charge < -0.3 is 15.2 Å². The van der Waals surface area contributed by atoms with Crippen LogP contribution in [0.15, 0.2) is 76.4 Å². The lowest BCUT2D eigenvalue weighted by Gasteiger charge is -2.13. The van der Waals surface area contributed by atoms with E-state index in [0.29, 0.717) is 11.1 Å². The van der Waals surface area contributed by atoms with Gasteiger partial charge in [-0.25, -0.2) is 13.5 Å². The van der Waals surface area contributed by atoms with Crippen LogP contribution in [0.5, 0.6) is 11.5 Å². The largest absolute Gasteiger partial charge is 0.506 e. The summed E-state index contributed by atoms with van der Waals surface area (Å²) in [5.41, 5.74) is -0.479. The molecule has 0 aliphatic rings. The number of aromatic amines is 1. The summed E-state index contributed by atoms with van der Waals surface area (Å²) >= 11 is 0. The minimum absolute atomic E-state index is 0.0926. The quantitative estimate of drug-likeness (QED) is 0.319. The summed E-state index contributed by atoms with van der Waals surface area (Å²) in [5, 5.41) is 19.3. The number of amides is 1. The molecule has 4 rings (SSSR count). The van der Waals surface area contributed by atoms with Gasteiger partial charge in [0, 0.05) is 5.39 Å². The van der Waals surface area contributed by atoms with Crippen molar-refractivity contribution in [3.05, 3.63) is 82.8 Å². The summed E-state index contributed by atoms with van der Waals surface area (Å²) in [6.07, 6.45) is 0. The van der Waals surface area contributed by atoms with Gasteiger partial charge >= 0.3 is 0 Å². The SMILES string of the molecule is COc1ccccc1NS(=O)(=O)c1ccc(O)c(NC(=O)c2n[nH]c(=O)c3ccccc23)c1. The summed E-state index contributed by atoms with van der Waals surface area (Å²) in [5.74, 6) is -0.775. The highest BCUT2D eigenvalue weighted by Gasteiger charge is 2.20. The van der Waals surface area contributed by atoms with Gasteiger partial charge in [0.1, 0.15) is 11.5 Å². The summed E-state index contributed by atoms with van der Waals surface area (Å²) in [6.45, 7) is 0. The van der Waals surface area contributed by atoms with Crippen molar-refractivity contribution in [1.82, 2.24) is 10.2 Å². The second-order valence-electron chi connectivity index (χ2n) is 6.89. The van der Waals surface area contributed by atoms with E-state index in [2.05, 4.69) is 20.2 Å². The average Bonchev–Trinajstić information content (AvgIpc) is 2.81. The van der Waals surface area contributed by atoms with Gasteiger partial charge in [0.15, 0.2) is 5.69 Å². The molecule has 0 saturated carbocycles. The Kier molecular flexibility index (Phi) is 5.71. The zero-order valence-corrected chi connectivity index (χ0v) is 18.0. The molecule has 4 N–H and O–H groups in total. The molecular weight excluding hydrogens is 448 g/mol. The van der Waals surface area contributed by atoms with Crippen LogP contribution >= 0.6 is 0 Å². The monoisotopic (exact) mass is 466 g/mol. The number of carbonyl (C=O) groups is 1. The van der Waals surface area contributed by atoms with Crippen molar-refractivity contribution < 1.29 is 23.1 Å². The highest BCUT2D eigenvalue weighted by Crippen LogP contribution is 2.30. The summed E-state index contributed by atoms with van der Waals surface area (Å²) in [7, 11) is -2.67. The lowest BCUT2D eigenvalue weighted by atomic mass is 10.1. The van der Waals surface area contributed by atoms with Crippen LogP contribution in [0.1, 0.15) is 10.5 Å². The summed E-state index contributed by atoms with van der Waals surface area (Å²) < 4.78 is 33.4. The second-order valence-corrected chi connectivity index (χ2v) is 8.57. The predicted molar refractivity (Wildman–Crippen MR) is 122 cm³/mol. The van der Waals surface area contributed by atoms with E-state index in [-0.39, 0.29) is 33.1 Å². The van der Waals surface area contributed by atoms with E-state index >= 15 is 0 Å². The van der Waals surface area contributed by atoms with Crippen molar-refractivity contribution >= 4 is 38.1 Å². The van der Waals surface area contributed by atoms with Crippen molar-refractivity contribution in [2.75, 3.05) is 17.1 Å². The van der Waals surface area contributed by atoms with E-state index in [9.17, 15) is 23.1 Å². The van der Waals surface area contributed by atoms with Crippen LogP contribution in [0, 0.1) is 0 Å². The maximum Gasteiger partial charge on any atom is 0.276 e. The molecule has 33 heavy (non-hydrogen) atoms. The van der Waals surface area contributed by atoms with Gasteiger partial charge in [-0.2, -0.15) is 5.10 Å². The topological polar surface area (TPSA) is 150 Å². The molecule has 0 radical (unpaired) electrons. The third kappa shape index (κ3) is 4.34. The highest BCUT2D eigenvalue weighted by atomic mass is 32.2. The Morgan fingerprint density at radius 2 is 1.70 bits per heavy atom. The summed E-state index contributed by atoms with van der Waals surface area (Å²) in [6, 6.07) is 16.3. The number of aromatic hydroxyl groups is 1. The lowest BCUT2D eigenvalue weighted by molar-refractivity contribution is 0.102. The molecule has 3 aromatic carbocycles. The first-order chi connectivity index (χ1) is 15.8. The van der Waals surface area contributed by atoms with Gasteiger partial charge in [0.2, 0.25) is 0 Å². The maximum absolute atomic E-state index is 12.9. The van der Waals surface area contributed by atoms with Crippen molar-refractivity contribution in [3.63, 3.8) is 0 Å². The number of nitrogens with one attached hydrogen (secondary N) is 3. The number of ether oxygens (including phenoxy) is 1. The smallest absolute Gasteiger partial charge is 0.276 e. The number of hydrogen-bond acceptors (Lipinski definition) is 7. The van der Waals surface area contributed by atoms with Gasteiger partial charge in [0.25, 0.3) is 21.5 Å². The second kappa shape index (κ2) is 8.63. The number of rotatable bonds is 6. The molecule has 0 aliphatic carbocycles. The van der Waals surface area contributed by atoms with Gasteiger partial charge in [0.05, 0.1) is 28.8 Å². The number of phenols is 1.